The lowest BCUT2D eigenvalue weighted by atomic mass is 10.1. The van der Waals surface area contributed by atoms with Gasteiger partial charge < -0.3 is 10.2 Å². The molecule has 0 saturated heterocycles. The molecule has 0 aliphatic rings. The molecule has 0 unspecified atom stereocenters. The maximum atomic E-state index is 12.3. The first-order chi connectivity index (χ1) is 10.6. The minimum absolute atomic E-state index is 0.0354. The highest BCUT2D eigenvalue weighted by molar-refractivity contribution is 9.10. The molecular formula is C18H22BrN2O+. The van der Waals surface area contributed by atoms with E-state index in [0.717, 1.165) is 10.9 Å². The minimum Gasteiger partial charge on any atom is -0.346 e. The molecule has 0 aliphatic carbocycles. The number of benzene rings is 2. The summed E-state index contributed by atoms with van der Waals surface area (Å²) >= 11 is 3.42. The lowest BCUT2D eigenvalue weighted by Crippen LogP contribution is -3.11. The molecule has 4 heteroatoms. The number of likely N-dealkylation sites (N-methyl/N-ethyl adjacent to an activating group) is 1. The number of amides is 1. The van der Waals surface area contributed by atoms with E-state index >= 15 is 0 Å². The third kappa shape index (κ3) is 4.68. The lowest BCUT2D eigenvalue weighted by Gasteiger charge is -2.22. The second-order valence-electron chi connectivity index (χ2n) is 5.65. The molecule has 0 spiro atoms. The fourth-order valence-electron chi connectivity index (χ4n) is 2.34. The van der Waals surface area contributed by atoms with Crippen LogP contribution in [0.1, 0.15) is 15.9 Å². The van der Waals surface area contributed by atoms with Crippen molar-refractivity contribution in [2.75, 3.05) is 20.6 Å². The molecule has 0 fully saturated rings. The van der Waals surface area contributed by atoms with Crippen LogP contribution in [0.2, 0.25) is 0 Å². The summed E-state index contributed by atoms with van der Waals surface area (Å²) in [6.07, 6.45) is 0.944. The van der Waals surface area contributed by atoms with Crippen molar-refractivity contribution in [1.29, 1.82) is 0 Å². The molecule has 2 rings (SSSR count). The Morgan fingerprint density at radius 2 is 1.73 bits per heavy atom. The van der Waals surface area contributed by atoms with Gasteiger partial charge in [0.15, 0.2) is 0 Å². The molecule has 3 nitrogen and oxygen atoms in total. The van der Waals surface area contributed by atoms with Gasteiger partial charge in [-0.2, -0.15) is 0 Å². The summed E-state index contributed by atoms with van der Waals surface area (Å²) in [4.78, 5) is 13.6. The summed E-state index contributed by atoms with van der Waals surface area (Å²) in [6.45, 7) is 0.650. The van der Waals surface area contributed by atoms with Crippen molar-refractivity contribution in [2.24, 2.45) is 0 Å². The topological polar surface area (TPSA) is 33.5 Å². The van der Waals surface area contributed by atoms with Crippen LogP contribution < -0.4 is 10.2 Å². The molecule has 2 aromatic rings. The van der Waals surface area contributed by atoms with Gasteiger partial charge in [0, 0.05) is 10.9 Å². The highest BCUT2D eigenvalue weighted by Crippen LogP contribution is 2.15. The molecule has 0 saturated carbocycles. The molecule has 116 valence electrons. The Morgan fingerprint density at radius 1 is 1.09 bits per heavy atom. The number of quaternary nitrogens is 1. The minimum atomic E-state index is -0.0354. The maximum absolute atomic E-state index is 12.3. The second kappa shape index (κ2) is 8.11. The Balaban J connectivity index is 1.97. The summed E-state index contributed by atoms with van der Waals surface area (Å²) in [5.74, 6) is -0.0354. The van der Waals surface area contributed by atoms with Crippen LogP contribution in [-0.4, -0.2) is 32.6 Å². The van der Waals surface area contributed by atoms with E-state index in [2.05, 4.69) is 59.6 Å². The van der Waals surface area contributed by atoms with Crippen molar-refractivity contribution in [3.05, 3.63) is 70.2 Å². The van der Waals surface area contributed by atoms with Crippen LogP contribution in [0, 0.1) is 0 Å². The molecule has 0 heterocycles. The number of carbonyl (C=O) groups is 1. The Kier molecular flexibility index (Phi) is 6.16. The van der Waals surface area contributed by atoms with E-state index in [-0.39, 0.29) is 5.91 Å². The van der Waals surface area contributed by atoms with E-state index in [1.807, 2.05) is 30.3 Å². The summed E-state index contributed by atoms with van der Waals surface area (Å²) in [5, 5.41) is 3.05. The Morgan fingerprint density at radius 3 is 2.36 bits per heavy atom. The van der Waals surface area contributed by atoms with Crippen molar-refractivity contribution in [2.45, 2.75) is 12.5 Å². The largest absolute Gasteiger partial charge is 0.346 e. The first kappa shape index (κ1) is 16.7. The Labute approximate surface area is 140 Å². The molecule has 0 bridgehead atoms. The zero-order valence-corrected chi connectivity index (χ0v) is 14.6. The number of halogens is 1. The van der Waals surface area contributed by atoms with Gasteiger partial charge in [0.05, 0.1) is 26.2 Å². The SMILES string of the molecule is C[NH+](C)[C@H](CNC(=O)c1ccccc1Br)Cc1ccccc1. The van der Waals surface area contributed by atoms with Crippen molar-refractivity contribution >= 4 is 21.8 Å². The van der Waals surface area contributed by atoms with E-state index < -0.39 is 0 Å². The summed E-state index contributed by atoms with van der Waals surface area (Å²) in [6, 6.07) is 18.2. The average Bonchev–Trinajstić information content (AvgIpc) is 2.52. The Hall–Kier alpha value is -1.65. The second-order valence-corrected chi connectivity index (χ2v) is 6.51. The number of hydrogen-bond acceptors (Lipinski definition) is 1. The van der Waals surface area contributed by atoms with Crippen LogP contribution in [0.3, 0.4) is 0 Å². The van der Waals surface area contributed by atoms with Gasteiger partial charge in [-0.1, -0.05) is 42.5 Å². The van der Waals surface area contributed by atoms with Crippen LogP contribution in [0.25, 0.3) is 0 Å². The van der Waals surface area contributed by atoms with Crippen molar-refractivity contribution in [3.63, 3.8) is 0 Å². The molecule has 0 aromatic heterocycles. The summed E-state index contributed by atoms with van der Waals surface area (Å²) in [5.41, 5.74) is 1.97. The van der Waals surface area contributed by atoms with Crippen LogP contribution in [-0.2, 0) is 6.42 Å². The van der Waals surface area contributed by atoms with Gasteiger partial charge >= 0.3 is 0 Å². The number of hydrogen-bond donors (Lipinski definition) is 2. The summed E-state index contributed by atoms with van der Waals surface area (Å²) in [7, 11) is 4.25. The van der Waals surface area contributed by atoms with Crippen molar-refractivity contribution in [3.8, 4) is 0 Å². The normalized spacial score (nSPS) is 12.2. The predicted octanol–water partition coefficient (Wildman–Crippen LogP) is 1.93. The fraction of sp³-hybridized carbons (Fsp3) is 0.278. The Bertz CT molecular complexity index is 613. The number of carbonyl (C=O) groups excluding carboxylic acids is 1. The van der Waals surface area contributed by atoms with Gasteiger partial charge in [-0.25, -0.2) is 0 Å². The maximum Gasteiger partial charge on any atom is 0.252 e. The van der Waals surface area contributed by atoms with Crippen LogP contribution in [0.4, 0.5) is 0 Å². The molecular weight excluding hydrogens is 340 g/mol. The zero-order chi connectivity index (χ0) is 15.9. The highest BCUT2D eigenvalue weighted by Gasteiger charge is 2.18. The van der Waals surface area contributed by atoms with E-state index in [1.54, 1.807) is 0 Å². The molecule has 2 N–H and O–H groups in total. The fourth-order valence-corrected chi connectivity index (χ4v) is 2.80. The lowest BCUT2D eigenvalue weighted by molar-refractivity contribution is -0.884. The molecule has 0 aliphatic heterocycles. The smallest absolute Gasteiger partial charge is 0.252 e. The molecule has 1 atom stereocenters. The van der Waals surface area contributed by atoms with Gasteiger partial charge in [-0.15, -0.1) is 0 Å². The highest BCUT2D eigenvalue weighted by atomic mass is 79.9. The van der Waals surface area contributed by atoms with Gasteiger partial charge in [-0.05, 0) is 33.6 Å². The first-order valence-electron chi connectivity index (χ1n) is 7.44. The number of nitrogens with one attached hydrogen (secondary N) is 2. The van der Waals surface area contributed by atoms with Gasteiger partial charge in [0.2, 0.25) is 0 Å². The monoisotopic (exact) mass is 361 g/mol. The van der Waals surface area contributed by atoms with E-state index in [9.17, 15) is 4.79 Å². The van der Waals surface area contributed by atoms with Crippen molar-refractivity contribution in [1.82, 2.24) is 5.32 Å². The molecule has 2 aromatic carbocycles. The average molecular weight is 362 g/mol. The standard InChI is InChI=1S/C18H21BrN2O/c1-21(2)15(12-14-8-4-3-5-9-14)13-20-18(22)16-10-6-7-11-17(16)19/h3-11,15H,12-13H2,1-2H3,(H,20,22)/p+1/t15-/m0/s1. The van der Waals surface area contributed by atoms with Gasteiger partial charge in [0.1, 0.15) is 6.04 Å². The van der Waals surface area contributed by atoms with Crippen LogP contribution in [0.15, 0.2) is 59.1 Å². The molecule has 1 amide bonds. The van der Waals surface area contributed by atoms with Gasteiger partial charge in [-0.3, -0.25) is 4.79 Å². The van der Waals surface area contributed by atoms with Gasteiger partial charge in [0.25, 0.3) is 5.91 Å². The zero-order valence-electron chi connectivity index (χ0n) is 13.0. The molecule has 0 radical (unpaired) electrons. The van der Waals surface area contributed by atoms with Crippen LogP contribution in [0.5, 0.6) is 0 Å². The van der Waals surface area contributed by atoms with Crippen molar-refractivity contribution < 1.29 is 9.69 Å². The number of rotatable bonds is 6. The quantitative estimate of drug-likeness (QED) is 0.809. The third-order valence-electron chi connectivity index (χ3n) is 3.77. The predicted molar refractivity (Wildman–Crippen MR) is 93.2 cm³/mol. The van der Waals surface area contributed by atoms with E-state index in [0.29, 0.717) is 18.2 Å². The third-order valence-corrected chi connectivity index (χ3v) is 4.46. The van der Waals surface area contributed by atoms with E-state index in [1.165, 1.54) is 10.5 Å². The summed E-state index contributed by atoms with van der Waals surface area (Å²) < 4.78 is 0.823. The van der Waals surface area contributed by atoms with E-state index in [4.69, 9.17) is 0 Å². The first-order valence-corrected chi connectivity index (χ1v) is 8.24. The molecule has 22 heavy (non-hydrogen) atoms. The van der Waals surface area contributed by atoms with Crippen LogP contribution >= 0.6 is 15.9 Å².